The molecule has 1 aliphatic rings. The summed E-state index contributed by atoms with van der Waals surface area (Å²) < 4.78 is 23.5. The third-order valence-electron chi connectivity index (χ3n) is 3.03. The molecule has 1 aliphatic heterocycles. The quantitative estimate of drug-likeness (QED) is 0.860. The van der Waals surface area contributed by atoms with Crippen LogP contribution in [0.3, 0.4) is 0 Å². The molecule has 1 aromatic rings. The average Bonchev–Trinajstić information content (AvgIpc) is 2.37. The SMILES string of the molecule is CCNc1ncnc(NC2CCS(=O)(=O)CC2)c1Br. The molecule has 0 radical (unpaired) electrons. The van der Waals surface area contributed by atoms with Crippen LogP contribution >= 0.6 is 15.9 Å². The molecule has 19 heavy (non-hydrogen) atoms. The summed E-state index contributed by atoms with van der Waals surface area (Å²) in [4.78, 5) is 8.33. The third kappa shape index (κ3) is 3.79. The Morgan fingerprint density at radius 1 is 1.32 bits per heavy atom. The van der Waals surface area contributed by atoms with Crippen LogP contribution in [-0.2, 0) is 9.84 Å². The van der Waals surface area contributed by atoms with Crippen molar-refractivity contribution in [1.29, 1.82) is 0 Å². The number of nitrogens with one attached hydrogen (secondary N) is 2. The van der Waals surface area contributed by atoms with Gasteiger partial charge in [0.25, 0.3) is 0 Å². The van der Waals surface area contributed by atoms with E-state index in [2.05, 4.69) is 36.5 Å². The van der Waals surface area contributed by atoms with Crippen molar-refractivity contribution in [3.05, 3.63) is 10.8 Å². The predicted octanol–water partition coefficient (Wildman–Crippen LogP) is 1.66. The second kappa shape index (κ2) is 6.04. The van der Waals surface area contributed by atoms with Gasteiger partial charge >= 0.3 is 0 Å². The zero-order valence-corrected chi connectivity index (χ0v) is 13.1. The first-order valence-corrected chi connectivity index (χ1v) is 8.84. The number of anilines is 2. The number of aromatic nitrogens is 2. The number of rotatable bonds is 4. The highest BCUT2D eigenvalue weighted by Crippen LogP contribution is 2.28. The molecule has 1 aromatic heterocycles. The summed E-state index contributed by atoms with van der Waals surface area (Å²) >= 11 is 3.46. The monoisotopic (exact) mass is 348 g/mol. The molecule has 2 rings (SSSR count). The Kier molecular flexibility index (Phi) is 4.62. The van der Waals surface area contributed by atoms with E-state index < -0.39 is 9.84 Å². The van der Waals surface area contributed by atoms with Gasteiger partial charge in [-0.25, -0.2) is 18.4 Å². The van der Waals surface area contributed by atoms with Crippen molar-refractivity contribution in [2.45, 2.75) is 25.8 Å². The molecular weight excluding hydrogens is 332 g/mol. The van der Waals surface area contributed by atoms with E-state index in [4.69, 9.17) is 0 Å². The standard InChI is InChI=1S/C11H17BrN4O2S/c1-2-13-10-9(12)11(15-7-14-10)16-8-3-5-19(17,18)6-4-8/h7-8H,2-6H2,1H3,(H2,13,14,15,16). The van der Waals surface area contributed by atoms with Crippen LogP contribution in [0.2, 0.25) is 0 Å². The number of hydrogen-bond acceptors (Lipinski definition) is 6. The average molecular weight is 349 g/mol. The molecule has 0 aromatic carbocycles. The van der Waals surface area contributed by atoms with Crippen LogP contribution < -0.4 is 10.6 Å². The van der Waals surface area contributed by atoms with Crippen molar-refractivity contribution >= 4 is 37.4 Å². The Hall–Kier alpha value is -0.890. The Bertz CT molecular complexity index is 536. The van der Waals surface area contributed by atoms with E-state index in [0.717, 1.165) is 16.8 Å². The molecule has 2 heterocycles. The Labute approximate surface area is 121 Å². The fourth-order valence-electron chi connectivity index (χ4n) is 1.99. The maximum absolute atomic E-state index is 11.4. The van der Waals surface area contributed by atoms with E-state index in [1.54, 1.807) is 0 Å². The van der Waals surface area contributed by atoms with Crippen LogP contribution in [-0.4, -0.2) is 42.5 Å². The highest BCUT2D eigenvalue weighted by Gasteiger charge is 2.24. The first-order valence-electron chi connectivity index (χ1n) is 6.23. The minimum Gasteiger partial charge on any atom is -0.369 e. The molecule has 0 bridgehead atoms. The zero-order chi connectivity index (χ0) is 13.9. The van der Waals surface area contributed by atoms with Crippen molar-refractivity contribution in [1.82, 2.24) is 9.97 Å². The molecule has 1 saturated heterocycles. The van der Waals surface area contributed by atoms with Crippen LogP contribution in [0, 0.1) is 0 Å². The van der Waals surface area contributed by atoms with Gasteiger partial charge in [0.15, 0.2) is 0 Å². The van der Waals surface area contributed by atoms with Gasteiger partial charge in [-0.05, 0) is 35.7 Å². The summed E-state index contributed by atoms with van der Waals surface area (Å²) in [5, 5.41) is 6.42. The summed E-state index contributed by atoms with van der Waals surface area (Å²) in [5.41, 5.74) is 0. The third-order valence-corrected chi connectivity index (χ3v) is 5.50. The smallest absolute Gasteiger partial charge is 0.150 e. The predicted molar refractivity (Wildman–Crippen MR) is 79.2 cm³/mol. The molecule has 6 nitrogen and oxygen atoms in total. The van der Waals surface area contributed by atoms with Gasteiger partial charge in [-0.2, -0.15) is 0 Å². The van der Waals surface area contributed by atoms with E-state index in [1.807, 2.05) is 6.92 Å². The van der Waals surface area contributed by atoms with Crippen LogP contribution in [0.1, 0.15) is 19.8 Å². The van der Waals surface area contributed by atoms with Gasteiger partial charge in [-0.15, -0.1) is 0 Å². The maximum Gasteiger partial charge on any atom is 0.150 e. The zero-order valence-electron chi connectivity index (χ0n) is 10.7. The van der Waals surface area contributed by atoms with E-state index in [9.17, 15) is 8.42 Å². The topological polar surface area (TPSA) is 84.0 Å². The van der Waals surface area contributed by atoms with Crippen LogP contribution in [0.5, 0.6) is 0 Å². The van der Waals surface area contributed by atoms with Gasteiger partial charge in [0, 0.05) is 12.6 Å². The van der Waals surface area contributed by atoms with Gasteiger partial charge in [0.05, 0.1) is 11.5 Å². The van der Waals surface area contributed by atoms with Gasteiger partial charge in [-0.3, -0.25) is 0 Å². The highest BCUT2D eigenvalue weighted by atomic mass is 79.9. The van der Waals surface area contributed by atoms with Crippen molar-refractivity contribution in [2.24, 2.45) is 0 Å². The molecule has 106 valence electrons. The molecule has 2 N–H and O–H groups in total. The maximum atomic E-state index is 11.4. The van der Waals surface area contributed by atoms with Crippen molar-refractivity contribution < 1.29 is 8.42 Å². The summed E-state index contributed by atoms with van der Waals surface area (Å²) in [5.74, 6) is 1.93. The molecule has 0 atom stereocenters. The van der Waals surface area contributed by atoms with E-state index in [0.29, 0.717) is 18.7 Å². The Morgan fingerprint density at radius 2 is 1.95 bits per heavy atom. The van der Waals surface area contributed by atoms with Crippen LogP contribution in [0.25, 0.3) is 0 Å². The minimum absolute atomic E-state index is 0.143. The van der Waals surface area contributed by atoms with E-state index in [1.165, 1.54) is 6.33 Å². The lowest BCUT2D eigenvalue weighted by atomic mass is 10.1. The molecule has 0 spiro atoms. The summed E-state index contributed by atoms with van der Waals surface area (Å²) in [6.45, 7) is 2.77. The van der Waals surface area contributed by atoms with Gasteiger partial charge in [0.1, 0.15) is 32.3 Å². The molecule has 0 aliphatic carbocycles. The number of hydrogen-bond donors (Lipinski definition) is 2. The van der Waals surface area contributed by atoms with E-state index >= 15 is 0 Å². The van der Waals surface area contributed by atoms with Gasteiger partial charge in [0.2, 0.25) is 0 Å². The lowest BCUT2D eigenvalue weighted by molar-refractivity contribution is 0.559. The number of halogens is 1. The second-order valence-electron chi connectivity index (χ2n) is 4.49. The molecule has 8 heteroatoms. The summed E-state index contributed by atoms with van der Waals surface area (Å²) in [6, 6.07) is 0.143. The molecule has 0 amide bonds. The molecule has 0 unspecified atom stereocenters. The lowest BCUT2D eigenvalue weighted by Crippen LogP contribution is -2.32. The first kappa shape index (κ1) is 14.5. The minimum atomic E-state index is -2.83. The van der Waals surface area contributed by atoms with Crippen molar-refractivity contribution in [3.63, 3.8) is 0 Å². The normalized spacial score (nSPS) is 19.1. The van der Waals surface area contributed by atoms with Crippen LogP contribution in [0.4, 0.5) is 11.6 Å². The Morgan fingerprint density at radius 3 is 2.58 bits per heavy atom. The fourth-order valence-corrected chi connectivity index (χ4v) is 3.94. The van der Waals surface area contributed by atoms with Gasteiger partial charge in [-0.1, -0.05) is 0 Å². The van der Waals surface area contributed by atoms with Crippen molar-refractivity contribution in [2.75, 3.05) is 28.7 Å². The number of sulfone groups is 1. The summed E-state index contributed by atoms with van der Waals surface area (Å²) in [6.07, 6.45) is 2.73. The van der Waals surface area contributed by atoms with Gasteiger partial charge < -0.3 is 10.6 Å². The largest absolute Gasteiger partial charge is 0.369 e. The second-order valence-corrected chi connectivity index (χ2v) is 7.58. The fraction of sp³-hybridized carbons (Fsp3) is 0.636. The van der Waals surface area contributed by atoms with E-state index in [-0.39, 0.29) is 17.5 Å². The van der Waals surface area contributed by atoms with Crippen molar-refractivity contribution in [3.8, 4) is 0 Å². The number of nitrogens with zero attached hydrogens (tertiary/aromatic N) is 2. The molecule has 0 saturated carbocycles. The summed E-state index contributed by atoms with van der Waals surface area (Å²) in [7, 11) is -2.83. The lowest BCUT2D eigenvalue weighted by Gasteiger charge is -2.24. The Balaban J connectivity index is 2.05. The molecule has 1 fully saturated rings. The highest BCUT2D eigenvalue weighted by molar-refractivity contribution is 9.10. The molecular formula is C11H17BrN4O2S. The van der Waals surface area contributed by atoms with Crippen LogP contribution in [0.15, 0.2) is 10.8 Å². The first-order chi connectivity index (χ1) is 9.02.